The average Bonchev–Trinajstić information content (AvgIpc) is 3.00. The van der Waals surface area contributed by atoms with Crippen molar-refractivity contribution >= 4 is 23.4 Å². The predicted molar refractivity (Wildman–Crippen MR) is 82.7 cm³/mol. The summed E-state index contributed by atoms with van der Waals surface area (Å²) in [7, 11) is 0. The van der Waals surface area contributed by atoms with Crippen molar-refractivity contribution in [1.82, 2.24) is 24.7 Å². The average molecular weight is 318 g/mol. The highest BCUT2D eigenvalue weighted by Crippen LogP contribution is 2.22. The van der Waals surface area contributed by atoms with Gasteiger partial charge in [-0.2, -0.15) is 20.1 Å². The van der Waals surface area contributed by atoms with Crippen molar-refractivity contribution in [3.05, 3.63) is 59.1 Å². The Morgan fingerprint density at radius 3 is 2.76 bits per heavy atom. The van der Waals surface area contributed by atoms with E-state index in [4.69, 9.17) is 11.6 Å². The normalized spacial score (nSPS) is 10.8. The van der Waals surface area contributed by atoms with Crippen molar-refractivity contribution in [3.63, 3.8) is 0 Å². The minimum absolute atomic E-state index is 0.169. The summed E-state index contributed by atoms with van der Waals surface area (Å²) in [6, 6.07) is 10.0. The molecule has 0 radical (unpaired) electrons. The maximum Gasteiger partial charge on any atom is 0.255 e. The Labute approximate surface area is 131 Å². The summed E-state index contributed by atoms with van der Waals surface area (Å²) in [5, 5.41) is 4.85. The Morgan fingerprint density at radius 2 is 2.00 bits per heavy atom. The van der Waals surface area contributed by atoms with Crippen LogP contribution < -0.4 is 0 Å². The van der Waals surface area contributed by atoms with Crippen LogP contribution in [-0.4, -0.2) is 24.7 Å². The van der Waals surface area contributed by atoms with Crippen molar-refractivity contribution < 1.29 is 0 Å². The molecule has 0 N–H and O–H groups in total. The van der Waals surface area contributed by atoms with Gasteiger partial charge in [-0.3, -0.25) is 0 Å². The topological polar surface area (TPSA) is 56.5 Å². The molecular weight excluding hydrogens is 306 g/mol. The van der Waals surface area contributed by atoms with Gasteiger partial charge < -0.3 is 0 Å². The van der Waals surface area contributed by atoms with E-state index in [0.29, 0.717) is 11.1 Å². The highest BCUT2D eigenvalue weighted by molar-refractivity contribution is 7.98. The molecule has 0 atom stereocenters. The molecule has 0 unspecified atom stereocenters. The lowest BCUT2D eigenvalue weighted by molar-refractivity contribution is 0.758. The SMILES string of the molecule is Cc1ccccc1CSc1nc(Cl)nc(-n2cccn2)n1. The van der Waals surface area contributed by atoms with E-state index >= 15 is 0 Å². The molecule has 0 aliphatic rings. The van der Waals surface area contributed by atoms with Crippen LogP contribution in [0.25, 0.3) is 5.95 Å². The number of aromatic nitrogens is 5. The van der Waals surface area contributed by atoms with Gasteiger partial charge in [-0.15, -0.1) is 0 Å². The number of aryl methyl sites for hydroxylation is 1. The predicted octanol–water partition coefficient (Wildman–Crippen LogP) is 3.31. The molecule has 3 rings (SSSR count). The summed E-state index contributed by atoms with van der Waals surface area (Å²) in [4.78, 5) is 12.6. The quantitative estimate of drug-likeness (QED) is 0.691. The molecule has 21 heavy (non-hydrogen) atoms. The largest absolute Gasteiger partial charge is 0.255 e. The molecule has 0 saturated heterocycles. The summed E-state index contributed by atoms with van der Waals surface area (Å²) in [6.07, 6.45) is 3.43. The minimum Gasteiger partial charge on any atom is -0.206 e. The van der Waals surface area contributed by atoms with Crippen LogP contribution in [-0.2, 0) is 5.75 Å². The molecule has 106 valence electrons. The molecule has 0 bridgehead atoms. The van der Waals surface area contributed by atoms with Crippen molar-refractivity contribution in [2.24, 2.45) is 0 Å². The lowest BCUT2D eigenvalue weighted by atomic mass is 10.1. The van der Waals surface area contributed by atoms with E-state index in [1.807, 2.05) is 12.1 Å². The van der Waals surface area contributed by atoms with Crippen LogP contribution in [0.2, 0.25) is 5.28 Å². The summed E-state index contributed by atoms with van der Waals surface area (Å²) in [5.41, 5.74) is 2.50. The monoisotopic (exact) mass is 317 g/mol. The van der Waals surface area contributed by atoms with Crippen LogP contribution in [0.5, 0.6) is 0 Å². The first kappa shape index (κ1) is 14.0. The fourth-order valence-electron chi connectivity index (χ4n) is 1.79. The number of rotatable bonds is 4. The van der Waals surface area contributed by atoms with Gasteiger partial charge in [0.25, 0.3) is 5.95 Å². The van der Waals surface area contributed by atoms with Gasteiger partial charge in [0.2, 0.25) is 5.28 Å². The molecule has 0 aliphatic heterocycles. The van der Waals surface area contributed by atoms with Crippen LogP contribution in [0.3, 0.4) is 0 Å². The maximum absolute atomic E-state index is 5.96. The number of thioether (sulfide) groups is 1. The molecule has 5 nitrogen and oxygen atoms in total. The summed E-state index contributed by atoms with van der Waals surface area (Å²) in [5.74, 6) is 1.21. The molecule has 0 aliphatic carbocycles. The maximum atomic E-state index is 5.96. The van der Waals surface area contributed by atoms with E-state index in [1.54, 1.807) is 23.1 Å². The van der Waals surface area contributed by atoms with Crippen LogP contribution in [0.15, 0.2) is 47.9 Å². The first-order valence-corrected chi connectivity index (χ1v) is 7.67. The second kappa shape index (κ2) is 6.24. The minimum atomic E-state index is 0.169. The molecule has 3 aromatic rings. The highest BCUT2D eigenvalue weighted by Gasteiger charge is 2.08. The van der Waals surface area contributed by atoms with Crippen LogP contribution in [0, 0.1) is 6.92 Å². The second-order valence-electron chi connectivity index (χ2n) is 4.35. The van der Waals surface area contributed by atoms with Crippen LogP contribution in [0.4, 0.5) is 0 Å². The summed E-state index contributed by atoms with van der Waals surface area (Å²) in [6.45, 7) is 2.09. The van der Waals surface area contributed by atoms with Crippen LogP contribution in [0.1, 0.15) is 11.1 Å². The van der Waals surface area contributed by atoms with Gasteiger partial charge in [0.1, 0.15) is 0 Å². The molecular formula is C14H12ClN5S. The third-order valence-corrected chi connectivity index (χ3v) is 3.97. The highest BCUT2D eigenvalue weighted by atomic mass is 35.5. The molecule has 0 spiro atoms. The van der Waals surface area contributed by atoms with Crippen molar-refractivity contribution in [2.75, 3.05) is 0 Å². The number of hydrogen-bond donors (Lipinski definition) is 0. The van der Waals surface area contributed by atoms with Gasteiger partial charge in [-0.05, 0) is 35.7 Å². The van der Waals surface area contributed by atoms with Crippen molar-refractivity contribution in [3.8, 4) is 5.95 Å². The fraction of sp³-hybridized carbons (Fsp3) is 0.143. The zero-order valence-electron chi connectivity index (χ0n) is 11.3. The van der Waals surface area contributed by atoms with E-state index in [0.717, 1.165) is 5.75 Å². The number of benzene rings is 1. The van der Waals surface area contributed by atoms with E-state index in [2.05, 4.69) is 39.1 Å². The Morgan fingerprint density at radius 1 is 1.14 bits per heavy atom. The molecule has 2 aromatic heterocycles. The third-order valence-electron chi connectivity index (χ3n) is 2.90. The number of halogens is 1. The van der Waals surface area contributed by atoms with E-state index in [-0.39, 0.29) is 5.28 Å². The fourth-order valence-corrected chi connectivity index (χ4v) is 2.90. The Bertz CT molecular complexity index is 745. The molecule has 0 fully saturated rings. The number of hydrogen-bond acceptors (Lipinski definition) is 5. The van der Waals surface area contributed by atoms with Crippen molar-refractivity contribution in [2.45, 2.75) is 17.8 Å². The molecule has 0 amide bonds. The van der Waals surface area contributed by atoms with Gasteiger partial charge in [0, 0.05) is 18.1 Å². The summed E-state index contributed by atoms with van der Waals surface area (Å²) >= 11 is 7.49. The molecule has 0 saturated carbocycles. The first-order valence-electron chi connectivity index (χ1n) is 6.31. The molecule has 7 heteroatoms. The molecule has 1 aromatic carbocycles. The smallest absolute Gasteiger partial charge is 0.206 e. The molecule has 2 heterocycles. The summed E-state index contributed by atoms with van der Waals surface area (Å²) < 4.78 is 1.56. The second-order valence-corrected chi connectivity index (χ2v) is 5.63. The van der Waals surface area contributed by atoms with E-state index < -0.39 is 0 Å². The van der Waals surface area contributed by atoms with Gasteiger partial charge >= 0.3 is 0 Å². The van der Waals surface area contributed by atoms with Crippen LogP contribution >= 0.6 is 23.4 Å². The zero-order chi connectivity index (χ0) is 14.7. The lowest BCUT2D eigenvalue weighted by Crippen LogP contribution is -2.04. The Balaban J connectivity index is 1.81. The van der Waals surface area contributed by atoms with Gasteiger partial charge in [0.15, 0.2) is 5.16 Å². The van der Waals surface area contributed by atoms with Gasteiger partial charge in [-0.25, -0.2) is 4.68 Å². The van der Waals surface area contributed by atoms with E-state index in [9.17, 15) is 0 Å². The van der Waals surface area contributed by atoms with E-state index in [1.165, 1.54) is 22.9 Å². The number of nitrogens with zero attached hydrogens (tertiary/aromatic N) is 5. The van der Waals surface area contributed by atoms with Crippen molar-refractivity contribution in [1.29, 1.82) is 0 Å². The zero-order valence-corrected chi connectivity index (χ0v) is 12.8. The van der Waals surface area contributed by atoms with Gasteiger partial charge in [-0.1, -0.05) is 36.0 Å². The Hall–Kier alpha value is -1.92. The Kier molecular flexibility index (Phi) is 4.17. The van der Waals surface area contributed by atoms with Gasteiger partial charge in [0.05, 0.1) is 0 Å². The standard InChI is InChI=1S/C14H12ClN5S/c1-10-5-2-3-6-11(10)9-21-14-18-12(15)17-13(19-14)20-8-4-7-16-20/h2-8H,9H2,1H3. The lowest BCUT2D eigenvalue weighted by Gasteiger charge is -2.06. The third kappa shape index (κ3) is 3.40. The first-order chi connectivity index (χ1) is 10.2.